The highest BCUT2D eigenvalue weighted by Gasteiger charge is 2.53. The van der Waals surface area contributed by atoms with Gasteiger partial charge in [0, 0.05) is 56.9 Å². The predicted molar refractivity (Wildman–Crippen MR) is 107 cm³/mol. The minimum atomic E-state index is -0.819. The van der Waals surface area contributed by atoms with Gasteiger partial charge >= 0.3 is 0 Å². The van der Waals surface area contributed by atoms with Crippen LogP contribution >= 0.6 is 0 Å². The fraction of sp³-hybridized carbons (Fsp3) is 1.00. The fourth-order valence-corrected chi connectivity index (χ4v) is 4.30. The van der Waals surface area contributed by atoms with E-state index in [4.69, 9.17) is 52.1 Å². The lowest BCUT2D eigenvalue weighted by Crippen LogP contribution is -2.66. The number of rotatable bonds is 12. The van der Waals surface area contributed by atoms with Gasteiger partial charge in [-0.15, -0.1) is 0 Å². The molecule has 0 aromatic rings. The molecule has 2 heterocycles. The van der Waals surface area contributed by atoms with Crippen molar-refractivity contribution in [2.45, 2.75) is 61.4 Å². The third kappa shape index (κ3) is 5.92. The average Bonchev–Trinajstić information content (AvgIpc) is 2.78. The molecule has 0 radical (unpaired) electrons. The third-order valence-corrected chi connectivity index (χ3v) is 5.73. The maximum Gasteiger partial charge on any atom is 0.187 e. The van der Waals surface area contributed by atoms with Gasteiger partial charge in [0.2, 0.25) is 0 Å². The molecule has 184 valence electrons. The lowest BCUT2D eigenvalue weighted by molar-refractivity contribution is -0.366. The van der Waals surface area contributed by atoms with Crippen LogP contribution in [0.5, 0.6) is 0 Å². The summed E-state index contributed by atoms with van der Waals surface area (Å²) in [5.74, 6) is 0. The molecule has 2 aliphatic rings. The van der Waals surface area contributed by atoms with Gasteiger partial charge in [-0.1, -0.05) is 0 Å². The molecule has 0 aromatic carbocycles. The quantitative estimate of drug-likeness (QED) is 0.393. The van der Waals surface area contributed by atoms with Crippen LogP contribution in [-0.4, -0.2) is 132 Å². The van der Waals surface area contributed by atoms with E-state index in [0.717, 1.165) is 0 Å². The molecule has 0 saturated carbocycles. The van der Waals surface area contributed by atoms with Crippen molar-refractivity contribution < 1.29 is 52.1 Å². The van der Waals surface area contributed by atoms with E-state index >= 15 is 0 Å². The molecular formula is C20H38O11. The van der Waals surface area contributed by atoms with Crippen molar-refractivity contribution in [1.82, 2.24) is 0 Å². The van der Waals surface area contributed by atoms with E-state index in [2.05, 4.69) is 0 Å². The van der Waals surface area contributed by atoms with Crippen molar-refractivity contribution in [3.63, 3.8) is 0 Å². The van der Waals surface area contributed by atoms with E-state index in [9.17, 15) is 0 Å². The van der Waals surface area contributed by atoms with Gasteiger partial charge in [-0.25, -0.2) is 0 Å². The summed E-state index contributed by atoms with van der Waals surface area (Å²) in [5.41, 5.74) is 0. The Morgan fingerprint density at radius 2 is 0.871 bits per heavy atom. The first-order chi connectivity index (χ1) is 15.0. The Balaban J connectivity index is 2.34. The third-order valence-electron chi connectivity index (χ3n) is 5.73. The van der Waals surface area contributed by atoms with Crippen LogP contribution in [-0.2, 0) is 52.1 Å². The van der Waals surface area contributed by atoms with Gasteiger partial charge in [-0.2, -0.15) is 0 Å². The van der Waals surface area contributed by atoms with Crippen LogP contribution < -0.4 is 0 Å². The summed E-state index contributed by atoms with van der Waals surface area (Å²) in [5, 5.41) is 0. The minimum absolute atomic E-state index is 0.284. The van der Waals surface area contributed by atoms with Gasteiger partial charge < -0.3 is 52.1 Å². The summed E-state index contributed by atoms with van der Waals surface area (Å²) in [6.45, 7) is 0.573. The summed E-state index contributed by atoms with van der Waals surface area (Å²) in [7, 11) is 12.6. The Morgan fingerprint density at radius 3 is 1.29 bits per heavy atom. The molecule has 0 aliphatic carbocycles. The second kappa shape index (κ2) is 13.3. The average molecular weight is 455 g/mol. The molecule has 2 aliphatic heterocycles. The second-order valence-electron chi connectivity index (χ2n) is 7.33. The van der Waals surface area contributed by atoms with Crippen LogP contribution in [0.2, 0.25) is 0 Å². The zero-order valence-electron chi connectivity index (χ0n) is 19.7. The number of methoxy groups -OCH3 is 8. The molecule has 0 N–H and O–H groups in total. The molecule has 10 atom stereocenters. The summed E-state index contributed by atoms with van der Waals surface area (Å²) in [4.78, 5) is 0. The highest BCUT2D eigenvalue weighted by atomic mass is 16.8. The van der Waals surface area contributed by atoms with Crippen LogP contribution in [0.3, 0.4) is 0 Å². The zero-order chi connectivity index (χ0) is 23.0. The molecule has 0 unspecified atom stereocenters. The second-order valence-corrected chi connectivity index (χ2v) is 7.33. The van der Waals surface area contributed by atoms with Gasteiger partial charge in [-0.3, -0.25) is 0 Å². The molecule has 11 nitrogen and oxygen atoms in total. The van der Waals surface area contributed by atoms with Gasteiger partial charge in [0.05, 0.1) is 13.2 Å². The van der Waals surface area contributed by atoms with Crippen LogP contribution in [0, 0.1) is 0 Å². The summed E-state index contributed by atoms with van der Waals surface area (Å²) in [6.07, 6.45) is -5.56. The van der Waals surface area contributed by atoms with Crippen molar-refractivity contribution in [3.05, 3.63) is 0 Å². The zero-order valence-corrected chi connectivity index (χ0v) is 19.7. The van der Waals surface area contributed by atoms with E-state index in [1.807, 2.05) is 0 Å². The standard InChI is InChI=1S/C20H38O11/c1-21-9-11-13(23-3)15(25-5)17(26-6)20(30-11)31-16-14(24-4)12(10-22-2)29-19(28-8)18(16)27-7/h11-20H,9-10H2,1-8H3/t11-,12-,13+,14-,15+,16+,17-,18-,19+,20+/m1/s1. The van der Waals surface area contributed by atoms with E-state index in [0.29, 0.717) is 0 Å². The van der Waals surface area contributed by atoms with Crippen LogP contribution in [0.1, 0.15) is 0 Å². The number of ether oxygens (including phenoxy) is 11. The molecule has 0 bridgehead atoms. The van der Waals surface area contributed by atoms with Crippen LogP contribution in [0.15, 0.2) is 0 Å². The first-order valence-electron chi connectivity index (χ1n) is 10.2. The molecule has 31 heavy (non-hydrogen) atoms. The maximum absolute atomic E-state index is 6.45. The first-order valence-corrected chi connectivity index (χ1v) is 10.2. The maximum atomic E-state index is 6.45. The molecule has 0 spiro atoms. The number of hydrogen-bond acceptors (Lipinski definition) is 11. The van der Waals surface area contributed by atoms with E-state index in [-0.39, 0.29) is 13.2 Å². The predicted octanol–water partition coefficient (Wildman–Crippen LogP) is -0.164. The molecule has 2 saturated heterocycles. The van der Waals surface area contributed by atoms with Crippen molar-refractivity contribution in [1.29, 1.82) is 0 Å². The minimum Gasteiger partial charge on any atom is -0.382 e. The van der Waals surface area contributed by atoms with E-state index in [1.54, 1.807) is 56.9 Å². The highest BCUT2D eigenvalue weighted by molar-refractivity contribution is 4.96. The van der Waals surface area contributed by atoms with E-state index in [1.165, 1.54) is 0 Å². The van der Waals surface area contributed by atoms with Gasteiger partial charge in [0.15, 0.2) is 12.6 Å². The molecular weight excluding hydrogens is 416 g/mol. The molecule has 11 heteroatoms. The Morgan fingerprint density at radius 1 is 0.452 bits per heavy atom. The summed E-state index contributed by atoms with van der Waals surface area (Å²) >= 11 is 0. The van der Waals surface area contributed by atoms with E-state index < -0.39 is 61.4 Å². The Bertz CT molecular complexity index is 496. The molecule has 0 aromatic heterocycles. The Hall–Kier alpha value is -0.440. The number of hydrogen-bond donors (Lipinski definition) is 0. The van der Waals surface area contributed by atoms with Crippen molar-refractivity contribution in [3.8, 4) is 0 Å². The first kappa shape index (κ1) is 26.8. The van der Waals surface area contributed by atoms with Crippen molar-refractivity contribution in [2.24, 2.45) is 0 Å². The Labute approximate surface area is 184 Å². The van der Waals surface area contributed by atoms with Crippen molar-refractivity contribution in [2.75, 3.05) is 70.1 Å². The van der Waals surface area contributed by atoms with Gasteiger partial charge in [-0.05, 0) is 0 Å². The monoisotopic (exact) mass is 454 g/mol. The summed E-state index contributed by atoms with van der Waals surface area (Å²) in [6, 6.07) is 0. The lowest BCUT2D eigenvalue weighted by atomic mass is 9.96. The smallest absolute Gasteiger partial charge is 0.187 e. The van der Waals surface area contributed by atoms with Gasteiger partial charge in [0.1, 0.15) is 48.8 Å². The SMILES string of the molecule is COC[C@H]1O[C@@H](O[C@@H]2[C@@H](OC)[C@@H](OC)O[C@H](COC)[C@H]2OC)[C@H](OC)[C@@H](OC)[C@H]1OC. The fourth-order valence-electron chi connectivity index (χ4n) is 4.30. The Kier molecular flexibility index (Phi) is 11.5. The van der Waals surface area contributed by atoms with Crippen molar-refractivity contribution >= 4 is 0 Å². The summed E-state index contributed by atoms with van der Waals surface area (Å²) < 4.78 is 63.2. The molecule has 0 amide bonds. The van der Waals surface area contributed by atoms with Gasteiger partial charge in [0.25, 0.3) is 0 Å². The highest BCUT2D eigenvalue weighted by Crippen LogP contribution is 2.33. The topological polar surface area (TPSA) is 102 Å². The molecule has 2 fully saturated rings. The normalized spacial score (nSPS) is 41.4. The largest absolute Gasteiger partial charge is 0.382 e. The lowest BCUT2D eigenvalue weighted by Gasteiger charge is -2.49. The molecule has 2 rings (SSSR count). The van der Waals surface area contributed by atoms with Crippen LogP contribution in [0.25, 0.3) is 0 Å². The van der Waals surface area contributed by atoms with Crippen LogP contribution in [0.4, 0.5) is 0 Å².